The second-order valence-electron chi connectivity index (χ2n) is 4.98. The van der Waals surface area contributed by atoms with Crippen molar-refractivity contribution in [3.05, 3.63) is 42.0 Å². The van der Waals surface area contributed by atoms with Gasteiger partial charge in [0.25, 0.3) is 10.0 Å². The number of hydrogen-bond donors (Lipinski definition) is 3. The summed E-state index contributed by atoms with van der Waals surface area (Å²) in [5.41, 5.74) is 0.115. The van der Waals surface area contributed by atoms with Crippen LogP contribution in [-0.2, 0) is 10.0 Å². The maximum atomic E-state index is 12.5. The van der Waals surface area contributed by atoms with Gasteiger partial charge in [-0.15, -0.1) is 0 Å². The first-order valence-corrected chi connectivity index (χ1v) is 8.58. The first-order valence-electron chi connectivity index (χ1n) is 7.09. The molecule has 9 heteroatoms. The fourth-order valence-electron chi connectivity index (χ4n) is 2.13. The van der Waals surface area contributed by atoms with Gasteiger partial charge < -0.3 is 19.7 Å². The Labute approximate surface area is 145 Å². The van der Waals surface area contributed by atoms with E-state index in [1.54, 1.807) is 6.07 Å². The van der Waals surface area contributed by atoms with Gasteiger partial charge in [0.15, 0.2) is 0 Å². The van der Waals surface area contributed by atoms with Crippen LogP contribution in [0.15, 0.2) is 46.4 Å². The summed E-state index contributed by atoms with van der Waals surface area (Å²) in [5.74, 6) is 0.00519. The van der Waals surface area contributed by atoms with Gasteiger partial charge in [0, 0.05) is 6.07 Å². The van der Waals surface area contributed by atoms with E-state index >= 15 is 0 Å². The second kappa shape index (κ2) is 7.31. The molecule has 2 aromatic carbocycles. The number of hydrogen-bond acceptors (Lipinski definition) is 7. The number of ether oxygens (including phenoxy) is 2. The minimum Gasteiger partial charge on any atom is -0.507 e. The molecule has 134 valence electrons. The Morgan fingerprint density at radius 3 is 2.28 bits per heavy atom. The summed E-state index contributed by atoms with van der Waals surface area (Å²) in [7, 11) is -1.32. The lowest BCUT2D eigenvalue weighted by atomic mass is 10.1. The van der Waals surface area contributed by atoms with Crippen LogP contribution in [0.3, 0.4) is 0 Å². The normalized spacial score (nSPS) is 11.9. The summed E-state index contributed by atoms with van der Waals surface area (Å²) in [6.45, 7) is 1.44. The summed E-state index contributed by atoms with van der Waals surface area (Å²) in [5, 5.41) is 23.4. The van der Waals surface area contributed by atoms with Crippen LogP contribution in [0.1, 0.15) is 12.5 Å². The molecule has 2 aromatic rings. The molecule has 25 heavy (non-hydrogen) atoms. The van der Waals surface area contributed by atoms with Crippen molar-refractivity contribution < 1.29 is 28.1 Å². The highest BCUT2D eigenvalue weighted by molar-refractivity contribution is 7.89. The SMILES string of the molecule is COc1ccc(OC)c(S(=O)(=O)N/N=C(/C)c2c(O)cccc2O)c1. The van der Waals surface area contributed by atoms with Crippen molar-refractivity contribution in [1.29, 1.82) is 0 Å². The fourth-order valence-corrected chi connectivity index (χ4v) is 3.17. The molecule has 0 heterocycles. The zero-order chi connectivity index (χ0) is 18.6. The molecule has 0 saturated heterocycles. The minimum absolute atomic E-state index is 0.0304. The molecular formula is C16H18N2O6S. The van der Waals surface area contributed by atoms with Gasteiger partial charge >= 0.3 is 0 Å². The maximum Gasteiger partial charge on any atom is 0.280 e. The topological polar surface area (TPSA) is 117 Å². The molecule has 0 fully saturated rings. The van der Waals surface area contributed by atoms with E-state index < -0.39 is 10.0 Å². The van der Waals surface area contributed by atoms with E-state index in [1.807, 2.05) is 0 Å². The third-order valence-corrected chi connectivity index (χ3v) is 4.61. The zero-order valence-corrected chi connectivity index (χ0v) is 14.7. The van der Waals surface area contributed by atoms with Gasteiger partial charge in [-0.05, 0) is 31.2 Å². The smallest absolute Gasteiger partial charge is 0.280 e. The molecule has 2 rings (SSSR count). The fraction of sp³-hybridized carbons (Fsp3) is 0.188. The predicted molar refractivity (Wildman–Crippen MR) is 91.9 cm³/mol. The molecule has 0 bridgehead atoms. The van der Waals surface area contributed by atoms with Crippen molar-refractivity contribution in [3.8, 4) is 23.0 Å². The van der Waals surface area contributed by atoms with Crippen LogP contribution in [0, 0.1) is 0 Å². The van der Waals surface area contributed by atoms with E-state index in [-0.39, 0.29) is 33.4 Å². The van der Waals surface area contributed by atoms with Crippen LogP contribution in [0.25, 0.3) is 0 Å². The summed E-state index contributed by atoms with van der Waals surface area (Å²) >= 11 is 0. The number of sulfonamides is 1. The van der Waals surface area contributed by atoms with Gasteiger partial charge in [0.1, 0.15) is 27.9 Å². The highest BCUT2D eigenvalue weighted by Crippen LogP contribution is 2.29. The van der Waals surface area contributed by atoms with Crippen LogP contribution in [0.4, 0.5) is 0 Å². The van der Waals surface area contributed by atoms with Gasteiger partial charge in [-0.1, -0.05) is 6.07 Å². The molecule has 0 aliphatic rings. The molecule has 8 nitrogen and oxygen atoms in total. The summed E-state index contributed by atoms with van der Waals surface area (Å²) in [6, 6.07) is 8.47. The lowest BCUT2D eigenvalue weighted by molar-refractivity contribution is 0.392. The Balaban J connectivity index is 2.39. The number of nitrogens with one attached hydrogen (secondary N) is 1. The van der Waals surface area contributed by atoms with Crippen LogP contribution < -0.4 is 14.3 Å². The van der Waals surface area contributed by atoms with Crippen molar-refractivity contribution in [3.63, 3.8) is 0 Å². The third-order valence-electron chi connectivity index (χ3n) is 3.38. The molecular weight excluding hydrogens is 348 g/mol. The highest BCUT2D eigenvalue weighted by Gasteiger charge is 2.21. The molecule has 0 unspecified atom stereocenters. The van der Waals surface area contributed by atoms with Gasteiger partial charge in [0.05, 0.1) is 25.5 Å². The number of methoxy groups -OCH3 is 2. The standard InChI is InChI=1S/C16H18N2O6S/c1-10(16-12(19)5-4-6-13(16)20)17-18-25(21,22)15-9-11(23-2)7-8-14(15)24-3/h4-9,18-20H,1-3H3/b17-10-. The third kappa shape index (κ3) is 3.94. The van der Waals surface area contributed by atoms with Crippen molar-refractivity contribution in [1.82, 2.24) is 4.83 Å². The second-order valence-corrected chi connectivity index (χ2v) is 6.61. The first-order chi connectivity index (χ1) is 11.8. The number of hydrazone groups is 1. The lowest BCUT2D eigenvalue weighted by Gasteiger charge is -2.11. The van der Waals surface area contributed by atoms with E-state index in [9.17, 15) is 18.6 Å². The molecule has 0 amide bonds. The summed E-state index contributed by atoms with van der Waals surface area (Å²) in [4.78, 5) is 1.90. The van der Waals surface area contributed by atoms with E-state index in [4.69, 9.17) is 9.47 Å². The Kier molecular flexibility index (Phi) is 5.38. The van der Waals surface area contributed by atoms with E-state index in [1.165, 1.54) is 51.5 Å². The molecule has 0 aromatic heterocycles. The molecule has 0 atom stereocenters. The molecule has 0 aliphatic heterocycles. The average molecular weight is 366 g/mol. The average Bonchev–Trinajstić information content (AvgIpc) is 2.59. The summed E-state index contributed by atoms with van der Waals surface area (Å²) < 4.78 is 35.1. The maximum absolute atomic E-state index is 12.5. The predicted octanol–water partition coefficient (Wildman–Crippen LogP) is 1.82. The number of benzene rings is 2. The quantitative estimate of drug-likeness (QED) is 0.530. The van der Waals surface area contributed by atoms with E-state index in [0.29, 0.717) is 5.75 Å². The molecule has 3 N–H and O–H groups in total. The molecule has 0 spiro atoms. The van der Waals surface area contributed by atoms with Crippen LogP contribution >= 0.6 is 0 Å². The first kappa shape index (κ1) is 18.4. The molecule has 0 saturated carbocycles. The van der Waals surface area contributed by atoms with Gasteiger partial charge in [-0.2, -0.15) is 18.4 Å². The van der Waals surface area contributed by atoms with Crippen LogP contribution in [-0.4, -0.2) is 38.6 Å². The Hall–Kier alpha value is -2.94. The number of phenols is 2. The highest BCUT2D eigenvalue weighted by atomic mass is 32.2. The number of phenolic OH excluding ortho intramolecular Hbond substituents is 2. The Bertz CT molecular complexity index is 889. The lowest BCUT2D eigenvalue weighted by Crippen LogP contribution is -2.20. The van der Waals surface area contributed by atoms with Crippen LogP contribution in [0.2, 0.25) is 0 Å². The van der Waals surface area contributed by atoms with Gasteiger partial charge in [-0.3, -0.25) is 0 Å². The van der Waals surface area contributed by atoms with Gasteiger partial charge in [-0.25, -0.2) is 0 Å². The van der Waals surface area contributed by atoms with Crippen molar-refractivity contribution in [2.75, 3.05) is 14.2 Å². The zero-order valence-electron chi connectivity index (χ0n) is 13.8. The largest absolute Gasteiger partial charge is 0.507 e. The number of aromatic hydroxyl groups is 2. The van der Waals surface area contributed by atoms with Gasteiger partial charge in [0.2, 0.25) is 0 Å². The summed E-state index contributed by atoms with van der Waals surface area (Å²) in [6.07, 6.45) is 0. The molecule has 0 aliphatic carbocycles. The van der Waals surface area contributed by atoms with Crippen LogP contribution in [0.5, 0.6) is 23.0 Å². The minimum atomic E-state index is -4.07. The number of rotatable bonds is 6. The number of nitrogens with zero attached hydrogens (tertiary/aromatic N) is 1. The van der Waals surface area contributed by atoms with Crippen molar-refractivity contribution in [2.45, 2.75) is 11.8 Å². The monoisotopic (exact) mass is 366 g/mol. The Morgan fingerprint density at radius 2 is 1.72 bits per heavy atom. The van der Waals surface area contributed by atoms with E-state index in [2.05, 4.69) is 9.93 Å². The van der Waals surface area contributed by atoms with E-state index in [0.717, 1.165) is 0 Å². The Morgan fingerprint density at radius 1 is 1.08 bits per heavy atom. The van der Waals surface area contributed by atoms with Crippen molar-refractivity contribution >= 4 is 15.7 Å². The van der Waals surface area contributed by atoms with Crippen molar-refractivity contribution in [2.24, 2.45) is 5.10 Å². The molecule has 0 radical (unpaired) electrons.